The lowest BCUT2D eigenvalue weighted by Gasteiger charge is -2.33. The van der Waals surface area contributed by atoms with E-state index in [0.29, 0.717) is 0 Å². The number of piperazine rings is 1. The minimum Gasteiger partial charge on any atom is -0.300 e. The summed E-state index contributed by atoms with van der Waals surface area (Å²) in [5.74, 6) is 0.944. The van der Waals surface area contributed by atoms with Gasteiger partial charge in [-0.05, 0) is 48.5 Å². The van der Waals surface area contributed by atoms with Crippen LogP contribution < -0.4 is 0 Å². The number of nitrogens with zero attached hydrogens (tertiary/aromatic N) is 5. The SMILES string of the molecule is CCCCCCCCn1c(-c2ccc(Cl)cc2)nn(CN2CCN(C/C=C/c3ccccc3)CC2)c1=S. The Morgan fingerprint density at radius 3 is 2.27 bits per heavy atom. The van der Waals surface area contributed by atoms with Crippen molar-refractivity contribution in [2.24, 2.45) is 0 Å². The fourth-order valence-electron chi connectivity index (χ4n) is 4.80. The molecule has 0 unspecified atom stereocenters. The van der Waals surface area contributed by atoms with Crippen molar-refractivity contribution < 1.29 is 0 Å². The van der Waals surface area contributed by atoms with Gasteiger partial charge in [0.05, 0.1) is 6.67 Å². The van der Waals surface area contributed by atoms with Crippen molar-refractivity contribution in [3.63, 3.8) is 0 Å². The third-order valence-electron chi connectivity index (χ3n) is 7.03. The molecule has 0 amide bonds. The highest BCUT2D eigenvalue weighted by molar-refractivity contribution is 7.71. The standard InChI is InChI=1S/C30H40ClN5S/c1-2-3-4-5-6-10-20-35-29(27-15-17-28(31)18-16-27)32-36(30(35)37)25-34-23-21-33(22-24-34)19-11-14-26-12-8-7-9-13-26/h7-9,11-18H,2-6,10,19-25H2,1H3/b14-11+. The zero-order valence-electron chi connectivity index (χ0n) is 22.1. The first kappa shape index (κ1) is 27.8. The number of rotatable bonds is 13. The minimum absolute atomic E-state index is 0.733. The average Bonchev–Trinajstić information content (AvgIpc) is 3.23. The zero-order valence-corrected chi connectivity index (χ0v) is 23.6. The number of hydrogen-bond acceptors (Lipinski definition) is 4. The molecule has 37 heavy (non-hydrogen) atoms. The molecule has 0 atom stereocenters. The molecule has 1 aromatic heterocycles. The predicted molar refractivity (Wildman–Crippen MR) is 158 cm³/mol. The quantitative estimate of drug-likeness (QED) is 0.168. The van der Waals surface area contributed by atoms with Gasteiger partial charge in [-0.15, -0.1) is 0 Å². The van der Waals surface area contributed by atoms with Crippen LogP contribution in [0, 0.1) is 4.77 Å². The van der Waals surface area contributed by atoms with Crippen LogP contribution >= 0.6 is 23.8 Å². The highest BCUT2D eigenvalue weighted by Gasteiger charge is 2.19. The van der Waals surface area contributed by atoms with E-state index < -0.39 is 0 Å². The molecule has 0 N–H and O–H groups in total. The van der Waals surface area contributed by atoms with Crippen LogP contribution in [0.4, 0.5) is 0 Å². The van der Waals surface area contributed by atoms with Gasteiger partial charge in [-0.3, -0.25) is 14.4 Å². The topological polar surface area (TPSA) is 29.2 Å². The molecule has 0 radical (unpaired) electrons. The Kier molecular flexibility index (Phi) is 11.0. The van der Waals surface area contributed by atoms with Gasteiger partial charge in [0.2, 0.25) is 0 Å². The summed E-state index contributed by atoms with van der Waals surface area (Å²) in [7, 11) is 0. The molecule has 1 fully saturated rings. The molecule has 1 saturated heterocycles. The van der Waals surface area contributed by atoms with Gasteiger partial charge in [-0.25, -0.2) is 4.68 Å². The fraction of sp³-hybridized carbons (Fsp3) is 0.467. The van der Waals surface area contributed by atoms with Gasteiger partial charge in [-0.2, -0.15) is 5.10 Å². The predicted octanol–water partition coefficient (Wildman–Crippen LogP) is 7.38. The van der Waals surface area contributed by atoms with Gasteiger partial charge in [0.15, 0.2) is 10.6 Å². The second-order valence-corrected chi connectivity index (χ2v) is 10.7. The van der Waals surface area contributed by atoms with Crippen LogP contribution in [0.5, 0.6) is 0 Å². The highest BCUT2D eigenvalue weighted by atomic mass is 35.5. The van der Waals surface area contributed by atoms with Crippen LogP contribution in [0.2, 0.25) is 5.02 Å². The van der Waals surface area contributed by atoms with Crippen molar-refractivity contribution in [2.45, 2.75) is 58.7 Å². The number of hydrogen-bond donors (Lipinski definition) is 0. The molecule has 3 aromatic rings. The third-order valence-corrected chi connectivity index (χ3v) is 7.72. The van der Waals surface area contributed by atoms with Crippen molar-refractivity contribution in [1.82, 2.24) is 24.1 Å². The van der Waals surface area contributed by atoms with Crippen LogP contribution in [-0.4, -0.2) is 56.9 Å². The maximum absolute atomic E-state index is 6.16. The largest absolute Gasteiger partial charge is 0.300 e. The molecule has 2 heterocycles. The maximum Gasteiger partial charge on any atom is 0.199 e. The zero-order chi connectivity index (χ0) is 25.9. The Hall–Kier alpha value is -2.25. The van der Waals surface area contributed by atoms with Crippen molar-refractivity contribution in [2.75, 3.05) is 32.7 Å². The molecular formula is C30H40ClN5S. The summed E-state index contributed by atoms with van der Waals surface area (Å²) in [5.41, 5.74) is 2.32. The van der Waals surface area contributed by atoms with Crippen LogP contribution in [0.15, 0.2) is 60.7 Å². The Morgan fingerprint density at radius 2 is 1.54 bits per heavy atom. The Labute approximate surface area is 232 Å². The molecule has 5 nitrogen and oxygen atoms in total. The van der Waals surface area contributed by atoms with Crippen LogP contribution in [-0.2, 0) is 13.2 Å². The van der Waals surface area contributed by atoms with E-state index in [0.717, 1.165) is 73.5 Å². The van der Waals surface area contributed by atoms with Gasteiger partial charge in [0.25, 0.3) is 0 Å². The van der Waals surface area contributed by atoms with E-state index >= 15 is 0 Å². The minimum atomic E-state index is 0.733. The Balaban J connectivity index is 1.36. The number of unbranched alkanes of at least 4 members (excludes halogenated alkanes) is 5. The summed E-state index contributed by atoms with van der Waals surface area (Å²) >= 11 is 12.1. The third kappa shape index (κ3) is 8.37. The number of aromatic nitrogens is 3. The monoisotopic (exact) mass is 537 g/mol. The molecule has 0 spiro atoms. The van der Waals surface area contributed by atoms with Crippen LogP contribution in [0.3, 0.4) is 0 Å². The first-order valence-electron chi connectivity index (χ1n) is 13.7. The summed E-state index contributed by atoms with van der Waals surface area (Å²) in [6.07, 6.45) is 12.0. The van der Waals surface area contributed by atoms with Gasteiger partial charge in [0, 0.05) is 49.9 Å². The smallest absolute Gasteiger partial charge is 0.199 e. The normalized spacial score (nSPS) is 15.1. The molecule has 1 aliphatic rings. The molecule has 7 heteroatoms. The molecular weight excluding hydrogens is 498 g/mol. The molecule has 2 aromatic carbocycles. The lowest BCUT2D eigenvalue weighted by atomic mass is 10.1. The summed E-state index contributed by atoms with van der Waals surface area (Å²) in [6, 6.07) is 18.4. The van der Waals surface area contributed by atoms with Gasteiger partial charge in [-0.1, -0.05) is 93.1 Å². The Bertz CT molecular complexity index is 1160. The van der Waals surface area contributed by atoms with E-state index in [1.54, 1.807) is 0 Å². The maximum atomic E-state index is 6.16. The number of halogens is 1. The summed E-state index contributed by atoms with van der Waals surface area (Å²) in [4.78, 5) is 4.96. The fourth-order valence-corrected chi connectivity index (χ4v) is 5.20. The average molecular weight is 538 g/mol. The van der Waals surface area contributed by atoms with E-state index in [1.165, 1.54) is 37.7 Å². The molecule has 198 valence electrons. The van der Waals surface area contributed by atoms with Crippen molar-refractivity contribution in [3.8, 4) is 11.4 Å². The van der Waals surface area contributed by atoms with E-state index in [9.17, 15) is 0 Å². The van der Waals surface area contributed by atoms with Gasteiger partial charge in [0.1, 0.15) is 0 Å². The first-order chi connectivity index (χ1) is 18.1. The lowest BCUT2D eigenvalue weighted by molar-refractivity contribution is 0.110. The van der Waals surface area contributed by atoms with Crippen molar-refractivity contribution >= 4 is 29.9 Å². The van der Waals surface area contributed by atoms with Crippen molar-refractivity contribution in [1.29, 1.82) is 0 Å². The summed E-state index contributed by atoms with van der Waals surface area (Å²) in [5, 5.41) is 5.74. The highest BCUT2D eigenvalue weighted by Crippen LogP contribution is 2.22. The molecule has 0 saturated carbocycles. The van der Waals surface area contributed by atoms with Crippen molar-refractivity contribution in [3.05, 3.63) is 76.0 Å². The van der Waals surface area contributed by atoms with Gasteiger partial charge < -0.3 is 0 Å². The molecule has 1 aliphatic heterocycles. The second-order valence-electron chi connectivity index (χ2n) is 9.91. The lowest BCUT2D eigenvalue weighted by Crippen LogP contribution is -2.46. The van der Waals surface area contributed by atoms with E-state index in [-0.39, 0.29) is 0 Å². The second kappa shape index (κ2) is 14.6. The van der Waals surface area contributed by atoms with E-state index in [4.69, 9.17) is 28.9 Å². The molecule has 0 bridgehead atoms. The van der Waals surface area contributed by atoms with Crippen LogP contribution in [0.25, 0.3) is 17.5 Å². The molecule has 4 rings (SSSR count). The van der Waals surface area contributed by atoms with Crippen LogP contribution in [0.1, 0.15) is 51.0 Å². The number of benzene rings is 2. The van der Waals surface area contributed by atoms with Gasteiger partial charge >= 0.3 is 0 Å². The molecule has 0 aliphatic carbocycles. The summed E-state index contributed by atoms with van der Waals surface area (Å²) < 4.78 is 5.05. The summed E-state index contributed by atoms with van der Waals surface area (Å²) in [6.45, 7) is 9.01. The van der Waals surface area contributed by atoms with E-state index in [2.05, 4.69) is 63.8 Å². The Morgan fingerprint density at radius 1 is 0.865 bits per heavy atom. The first-order valence-corrected chi connectivity index (χ1v) is 14.5. The van der Waals surface area contributed by atoms with E-state index in [1.807, 2.05) is 28.9 Å².